The zero-order valence-electron chi connectivity index (χ0n) is 14.2. The summed E-state index contributed by atoms with van der Waals surface area (Å²) in [7, 11) is 0.636. The molecule has 1 atom stereocenters. The highest BCUT2D eigenvalue weighted by molar-refractivity contribution is 7.89. The van der Waals surface area contributed by atoms with Crippen LogP contribution in [0.4, 0.5) is 5.95 Å². The van der Waals surface area contributed by atoms with Gasteiger partial charge in [0.25, 0.3) is 0 Å². The standard InChI is InChI=1S/C15H24N4O3S/c1-5-23(20,21)19-7-6-15(9-19)10-22-8-12-11(2)16-14(18(3)4)17-13(12)15/h5-10H2,1-4H3/t15-/m0/s1. The molecule has 0 aromatic carbocycles. The molecule has 8 heteroatoms. The Morgan fingerprint density at radius 1 is 1.35 bits per heavy atom. The molecule has 23 heavy (non-hydrogen) atoms. The Hall–Kier alpha value is -1.25. The Morgan fingerprint density at radius 3 is 2.74 bits per heavy atom. The van der Waals surface area contributed by atoms with E-state index in [0.29, 0.717) is 32.3 Å². The van der Waals surface area contributed by atoms with Gasteiger partial charge in [-0.2, -0.15) is 0 Å². The van der Waals surface area contributed by atoms with E-state index in [1.54, 1.807) is 11.2 Å². The summed E-state index contributed by atoms with van der Waals surface area (Å²) in [5.74, 6) is 0.794. The normalized spacial score (nSPS) is 24.9. The van der Waals surface area contributed by atoms with E-state index in [0.717, 1.165) is 23.4 Å². The molecule has 1 aromatic rings. The third kappa shape index (κ3) is 2.72. The number of rotatable bonds is 3. The number of ether oxygens (including phenoxy) is 1. The molecule has 0 saturated carbocycles. The quantitative estimate of drug-likeness (QED) is 0.805. The number of nitrogens with zero attached hydrogens (tertiary/aromatic N) is 4. The van der Waals surface area contributed by atoms with Crippen LogP contribution in [0.1, 0.15) is 30.3 Å². The molecule has 2 aliphatic heterocycles. The van der Waals surface area contributed by atoms with Crippen molar-refractivity contribution in [1.29, 1.82) is 0 Å². The molecule has 0 bridgehead atoms. The first-order chi connectivity index (χ1) is 10.8. The van der Waals surface area contributed by atoms with Gasteiger partial charge in [0.05, 0.1) is 30.1 Å². The first kappa shape index (κ1) is 16.6. The van der Waals surface area contributed by atoms with Crippen molar-refractivity contribution in [3.8, 4) is 0 Å². The van der Waals surface area contributed by atoms with Crippen LogP contribution in [0.2, 0.25) is 0 Å². The predicted molar refractivity (Wildman–Crippen MR) is 88.1 cm³/mol. The molecule has 1 aromatic heterocycles. The summed E-state index contributed by atoms with van der Waals surface area (Å²) in [5, 5.41) is 0. The van der Waals surface area contributed by atoms with E-state index in [2.05, 4.69) is 4.98 Å². The summed E-state index contributed by atoms with van der Waals surface area (Å²) >= 11 is 0. The van der Waals surface area contributed by atoms with Gasteiger partial charge in [-0.15, -0.1) is 0 Å². The second-order valence-corrected chi connectivity index (χ2v) is 8.85. The SMILES string of the molecule is CCS(=O)(=O)N1CC[C@@]2(COCc3c(C)nc(N(C)C)nc32)C1. The first-order valence-electron chi connectivity index (χ1n) is 7.90. The summed E-state index contributed by atoms with van der Waals surface area (Å²) in [5.41, 5.74) is 2.54. The topological polar surface area (TPSA) is 75.6 Å². The molecule has 0 aliphatic carbocycles. The molecule has 3 rings (SSSR count). The van der Waals surface area contributed by atoms with Gasteiger partial charge >= 0.3 is 0 Å². The smallest absolute Gasteiger partial charge is 0.225 e. The van der Waals surface area contributed by atoms with E-state index in [9.17, 15) is 8.42 Å². The lowest BCUT2D eigenvalue weighted by Gasteiger charge is -2.35. The molecule has 0 N–H and O–H groups in total. The zero-order valence-corrected chi connectivity index (χ0v) is 15.0. The summed E-state index contributed by atoms with van der Waals surface area (Å²) in [6, 6.07) is 0. The van der Waals surface area contributed by atoms with Gasteiger partial charge in [-0.25, -0.2) is 22.7 Å². The summed E-state index contributed by atoms with van der Waals surface area (Å²) in [6.07, 6.45) is 0.739. The van der Waals surface area contributed by atoms with Crippen LogP contribution >= 0.6 is 0 Å². The molecular formula is C15H24N4O3S. The molecule has 2 aliphatic rings. The van der Waals surface area contributed by atoms with Gasteiger partial charge in [0, 0.05) is 38.4 Å². The average Bonchev–Trinajstić information content (AvgIpc) is 2.94. The summed E-state index contributed by atoms with van der Waals surface area (Å²) in [6.45, 7) is 5.63. The van der Waals surface area contributed by atoms with Crippen LogP contribution in [0.25, 0.3) is 0 Å². The van der Waals surface area contributed by atoms with Crippen LogP contribution in [0.5, 0.6) is 0 Å². The monoisotopic (exact) mass is 340 g/mol. The fraction of sp³-hybridized carbons (Fsp3) is 0.733. The fourth-order valence-electron chi connectivity index (χ4n) is 3.38. The van der Waals surface area contributed by atoms with Crippen molar-refractivity contribution in [2.45, 2.75) is 32.3 Å². The Kier molecular flexibility index (Phi) is 4.10. The number of hydrogen-bond acceptors (Lipinski definition) is 6. The molecule has 128 valence electrons. The number of hydrogen-bond donors (Lipinski definition) is 0. The van der Waals surface area contributed by atoms with Crippen molar-refractivity contribution < 1.29 is 13.2 Å². The van der Waals surface area contributed by atoms with E-state index >= 15 is 0 Å². The Bertz CT molecular complexity index is 720. The minimum absolute atomic E-state index is 0.128. The van der Waals surface area contributed by atoms with E-state index < -0.39 is 10.0 Å². The van der Waals surface area contributed by atoms with Crippen LogP contribution in [0, 0.1) is 6.92 Å². The molecule has 1 spiro atoms. The second-order valence-electron chi connectivity index (χ2n) is 6.59. The van der Waals surface area contributed by atoms with Crippen molar-refractivity contribution in [2.75, 3.05) is 44.4 Å². The maximum atomic E-state index is 12.2. The number of aryl methyl sites for hydroxylation is 1. The average molecular weight is 340 g/mol. The van der Waals surface area contributed by atoms with Crippen molar-refractivity contribution in [3.63, 3.8) is 0 Å². The van der Waals surface area contributed by atoms with E-state index in [4.69, 9.17) is 9.72 Å². The lowest BCUT2D eigenvalue weighted by atomic mass is 9.80. The molecule has 0 radical (unpaired) electrons. The van der Waals surface area contributed by atoms with Crippen molar-refractivity contribution >= 4 is 16.0 Å². The van der Waals surface area contributed by atoms with Crippen molar-refractivity contribution in [1.82, 2.24) is 14.3 Å². The predicted octanol–water partition coefficient (Wildman–Crippen LogP) is 0.674. The van der Waals surface area contributed by atoms with Gasteiger partial charge < -0.3 is 9.64 Å². The highest BCUT2D eigenvalue weighted by Crippen LogP contribution is 2.41. The Balaban J connectivity index is 2.05. The number of anilines is 1. The molecule has 1 fully saturated rings. The van der Waals surface area contributed by atoms with Gasteiger partial charge in [-0.1, -0.05) is 0 Å². The number of sulfonamides is 1. The van der Waals surface area contributed by atoms with E-state index in [1.165, 1.54) is 0 Å². The zero-order chi connectivity index (χ0) is 16.8. The van der Waals surface area contributed by atoms with Crippen LogP contribution in [0.15, 0.2) is 0 Å². The third-order valence-electron chi connectivity index (χ3n) is 4.81. The molecule has 3 heterocycles. The van der Waals surface area contributed by atoms with Gasteiger partial charge in [0.1, 0.15) is 0 Å². The molecule has 0 amide bonds. The highest BCUT2D eigenvalue weighted by atomic mass is 32.2. The Labute approximate surface area is 137 Å². The van der Waals surface area contributed by atoms with Crippen molar-refractivity contribution in [2.24, 2.45) is 0 Å². The van der Waals surface area contributed by atoms with Gasteiger partial charge in [0.2, 0.25) is 16.0 Å². The fourth-order valence-corrected chi connectivity index (χ4v) is 4.55. The first-order valence-corrected chi connectivity index (χ1v) is 9.51. The maximum Gasteiger partial charge on any atom is 0.225 e. The maximum absolute atomic E-state index is 12.2. The minimum atomic E-state index is -3.19. The number of aromatic nitrogens is 2. The summed E-state index contributed by atoms with van der Waals surface area (Å²) in [4.78, 5) is 11.2. The minimum Gasteiger partial charge on any atom is -0.376 e. The van der Waals surface area contributed by atoms with Crippen LogP contribution in [-0.4, -0.2) is 62.2 Å². The van der Waals surface area contributed by atoms with Crippen LogP contribution in [-0.2, 0) is 26.8 Å². The molecule has 1 saturated heterocycles. The van der Waals surface area contributed by atoms with Crippen LogP contribution < -0.4 is 4.90 Å². The van der Waals surface area contributed by atoms with Gasteiger partial charge in [-0.05, 0) is 20.3 Å². The van der Waals surface area contributed by atoms with Gasteiger partial charge in [0.15, 0.2) is 0 Å². The Morgan fingerprint density at radius 2 is 2.09 bits per heavy atom. The molecule has 0 unspecified atom stereocenters. The third-order valence-corrected chi connectivity index (χ3v) is 6.63. The largest absolute Gasteiger partial charge is 0.376 e. The van der Waals surface area contributed by atoms with Crippen molar-refractivity contribution in [3.05, 3.63) is 17.0 Å². The van der Waals surface area contributed by atoms with E-state index in [-0.39, 0.29) is 11.2 Å². The van der Waals surface area contributed by atoms with Gasteiger partial charge in [-0.3, -0.25) is 0 Å². The number of fused-ring (bicyclic) bond motifs is 2. The lowest BCUT2D eigenvalue weighted by molar-refractivity contribution is 0.0526. The summed E-state index contributed by atoms with van der Waals surface area (Å²) < 4.78 is 31.8. The second kappa shape index (κ2) is 5.68. The highest BCUT2D eigenvalue weighted by Gasteiger charge is 2.48. The lowest BCUT2D eigenvalue weighted by Crippen LogP contribution is -2.42. The molecule has 7 nitrogen and oxygen atoms in total. The molecular weight excluding hydrogens is 316 g/mol. The van der Waals surface area contributed by atoms with E-state index in [1.807, 2.05) is 25.9 Å². The van der Waals surface area contributed by atoms with Crippen LogP contribution in [0.3, 0.4) is 0 Å².